The molecule has 1 aliphatic rings. The predicted molar refractivity (Wildman–Crippen MR) is 57.0 cm³/mol. The van der Waals surface area contributed by atoms with Crippen LogP contribution in [0.15, 0.2) is 0 Å². The number of carbonyl (C=O) groups excluding carboxylic acids is 1. The van der Waals surface area contributed by atoms with Gasteiger partial charge in [0.2, 0.25) is 5.91 Å². The maximum Gasteiger partial charge on any atom is 0.224 e. The molecule has 1 amide bonds. The van der Waals surface area contributed by atoms with Crippen molar-refractivity contribution >= 4 is 5.91 Å². The van der Waals surface area contributed by atoms with E-state index in [1.54, 1.807) is 0 Å². The zero-order chi connectivity index (χ0) is 10.6. The molecule has 0 aromatic rings. The van der Waals surface area contributed by atoms with E-state index in [2.05, 4.69) is 18.9 Å². The second-order valence-electron chi connectivity index (χ2n) is 4.09. The lowest BCUT2D eigenvalue weighted by atomic mass is 10.2. The van der Waals surface area contributed by atoms with Crippen molar-refractivity contribution in [1.29, 1.82) is 0 Å². The minimum Gasteiger partial charge on any atom is -0.339 e. The number of nitrogens with zero attached hydrogens (tertiary/aromatic N) is 2. The maximum atomic E-state index is 11.7. The van der Waals surface area contributed by atoms with E-state index in [0.717, 1.165) is 26.1 Å². The molecule has 14 heavy (non-hydrogen) atoms. The topological polar surface area (TPSA) is 49.6 Å². The number of hydrogen-bond acceptors (Lipinski definition) is 3. The van der Waals surface area contributed by atoms with Gasteiger partial charge in [-0.1, -0.05) is 0 Å². The molecule has 1 saturated heterocycles. The van der Waals surface area contributed by atoms with Crippen molar-refractivity contribution in [2.75, 3.05) is 33.2 Å². The Morgan fingerprint density at radius 2 is 2.21 bits per heavy atom. The molecule has 0 aromatic heterocycles. The highest BCUT2D eigenvalue weighted by atomic mass is 16.2. The zero-order valence-electron chi connectivity index (χ0n) is 9.20. The van der Waals surface area contributed by atoms with E-state index >= 15 is 0 Å². The molecule has 4 heteroatoms. The molecule has 0 saturated carbocycles. The van der Waals surface area contributed by atoms with Crippen molar-refractivity contribution in [1.82, 2.24) is 9.80 Å². The lowest BCUT2D eigenvalue weighted by molar-refractivity contribution is -0.132. The van der Waals surface area contributed by atoms with Gasteiger partial charge in [0, 0.05) is 32.1 Å². The first-order chi connectivity index (χ1) is 6.65. The van der Waals surface area contributed by atoms with Crippen molar-refractivity contribution < 1.29 is 4.79 Å². The molecule has 2 N–H and O–H groups in total. The summed E-state index contributed by atoms with van der Waals surface area (Å²) in [5.41, 5.74) is 5.39. The second-order valence-corrected chi connectivity index (χ2v) is 4.09. The Bertz CT molecular complexity index is 196. The molecule has 1 fully saturated rings. The van der Waals surface area contributed by atoms with Crippen molar-refractivity contribution in [2.45, 2.75) is 25.8 Å². The number of hydrogen-bond donors (Lipinski definition) is 1. The molecule has 4 nitrogen and oxygen atoms in total. The SMILES string of the molecule is CC1CN(C)CCCN1C(=O)CCN. The van der Waals surface area contributed by atoms with Gasteiger partial charge in [0.05, 0.1) is 0 Å². The Hall–Kier alpha value is -0.610. The van der Waals surface area contributed by atoms with Gasteiger partial charge in [0.25, 0.3) is 0 Å². The summed E-state index contributed by atoms with van der Waals surface area (Å²) in [4.78, 5) is 15.9. The van der Waals surface area contributed by atoms with Crippen LogP contribution in [0.4, 0.5) is 0 Å². The van der Waals surface area contributed by atoms with Gasteiger partial charge in [-0.2, -0.15) is 0 Å². The third-order valence-corrected chi connectivity index (χ3v) is 2.73. The minimum absolute atomic E-state index is 0.204. The van der Waals surface area contributed by atoms with Crippen LogP contribution in [0, 0.1) is 0 Å². The lowest BCUT2D eigenvalue weighted by Crippen LogP contribution is -2.42. The van der Waals surface area contributed by atoms with Gasteiger partial charge < -0.3 is 15.5 Å². The highest BCUT2D eigenvalue weighted by Crippen LogP contribution is 2.09. The zero-order valence-corrected chi connectivity index (χ0v) is 9.20. The summed E-state index contributed by atoms with van der Waals surface area (Å²) < 4.78 is 0. The fraction of sp³-hybridized carbons (Fsp3) is 0.900. The van der Waals surface area contributed by atoms with Crippen molar-refractivity contribution in [3.05, 3.63) is 0 Å². The summed E-state index contributed by atoms with van der Waals surface area (Å²) in [6, 6.07) is 0.321. The van der Waals surface area contributed by atoms with Crippen LogP contribution in [-0.2, 0) is 4.79 Å². The van der Waals surface area contributed by atoms with Crippen molar-refractivity contribution in [3.8, 4) is 0 Å². The van der Waals surface area contributed by atoms with Crippen LogP contribution in [0.2, 0.25) is 0 Å². The highest BCUT2D eigenvalue weighted by molar-refractivity contribution is 5.76. The van der Waals surface area contributed by atoms with E-state index in [-0.39, 0.29) is 5.91 Å². The van der Waals surface area contributed by atoms with Crippen LogP contribution in [-0.4, -0.2) is 55.0 Å². The molecule has 0 spiro atoms. The summed E-state index contributed by atoms with van der Waals surface area (Å²) in [6.45, 7) is 5.49. The molecule has 0 aromatic carbocycles. The molecule has 82 valence electrons. The lowest BCUT2D eigenvalue weighted by Gasteiger charge is -2.27. The Morgan fingerprint density at radius 1 is 1.50 bits per heavy atom. The Labute approximate surface area is 86.0 Å². The van der Waals surface area contributed by atoms with E-state index in [1.165, 1.54) is 0 Å². The van der Waals surface area contributed by atoms with Crippen LogP contribution in [0.5, 0.6) is 0 Å². The van der Waals surface area contributed by atoms with Crippen LogP contribution in [0.25, 0.3) is 0 Å². The third kappa shape index (κ3) is 2.96. The molecule has 0 aliphatic carbocycles. The fourth-order valence-electron chi connectivity index (χ4n) is 2.01. The minimum atomic E-state index is 0.204. The molecule has 0 radical (unpaired) electrons. The predicted octanol–water partition coefficient (Wildman–Crippen LogP) is -0.112. The van der Waals surface area contributed by atoms with Crippen LogP contribution >= 0.6 is 0 Å². The molecule has 1 atom stereocenters. The number of nitrogens with two attached hydrogens (primary N) is 1. The first kappa shape index (κ1) is 11.5. The first-order valence-corrected chi connectivity index (χ1v) is 5.33. The molecule has 1 aliphatic heterocycles. The van der Waals surface area contributed by atoms with E-state index in [4.69, 9.17) is 5.73 Å². The Morgan fingerprint density at radius 3 is 2.86 bits per heavy atom. The van der Waals surface area contributed by atoms with Crippen molar-refractivity contribution in [2.24, 2.45) is 5.73 Å². The summed E-state index contributed by atoms with van der Waals surface area (Å²) in [5.74, 6) is 0.204. The molecular weight excluding hydrogens is 178 g/mol. The molecule has 1 unspecified atom stereocenters. The van der Waals surface area contributed by atoms with Gasteiger partial charge in [-0.25, -0.2) is 0 Å². The van der Waals surface area contributed by atoms with Gasteiger partial charge in [0.1, 0.15) is 0 Å². The average Bonchev–Trinajstić information content (AvgIpc) is 2.27. The monoisotopic (exact) mass is 199 g/mol. The average molecular weight is 199 g/mol. The van der Waals surface area contributed by atoms with E-state index < -0.39 is 0 Å². The number of amides is 1. The smallest absolute Gasteiger partial charge is 0.224 e. The quantitative estimate of drug-likeness (QED) is 0.675. The van der Waals surface area contributed by atoms with Crippen LogP contribution < -0.4 is 5.73 Å². The molecule has 1 rings (SSSR count). The third-order valence-electron chi connectivity index (χ3n) is 2.73. The van der Waals surface area contributed by atoms with E-state index in [0.29, 0.717) is 19.0 Å². The van der Waals surface area contributed by atoms with Crippen LogP contribution in [0.3, 0.4) is 0 Å². The van der Waals surface area contributed by atoms with Crippen LogP contribution in [0.1, 0.15) is 19.8 Å². The number of likely N-dealkylation sites (N-methyl/N-ethyl adjacent to an activating group) is 1. The van der Waals surface area contributed by atoms with Gasteiger partial charge >= 0.3 is 0 Å². The summed E-state index contributed by atoms with van der Waals surface area (Å²) in [7, 11) is 2.10. The Kier molecular flexibility index (Phi) is 4.35. The fourth-order valence-corrected chi connectivity index (χ4v) is 2.01. The van der Waals surface area contributed by atoms with E-state index in [9.17, 15) is 4.79 Å². The van der Waals surface area contributed by atoms with E-state index in [1.807, 2.05) is 4.90 Å². The molecular formula is C10H21N3O. The Balaban J connectivity index is 2.53. The number of carbonyl (C=O) groups is 1. The number of rotatable bonds is 2. The summed E-state index contributed by atoms with van der Waals surface area (Å²) >= 11 is 0. The maximum absolute atomic E-state index is 11.7. The van der Waals surface area contributed by atoms with Gasteiger partial charge in [-0.3, -0.25) is 4.79 Å². The van der Waals surface area contributed by atoms with Gasteiger partial charge in [0.15, 0.2) is 0 Å². The molecule has 0 bridgehead atoms. The second kappa shape index (κ2) is 5.32. The summed E-state index contributed by atoms with van der Waals surface area (Å²) in [6.07, 6.45) is 1.55. The van der Waals surface area contributed by atoms with Gasteiger partial charge in [-0.05, 0) is 26.9 Å². The first-order valence-electron chi connectivity index (χ1n) is 5.33. The highest BCUT2D eigenvalue weighted by Gasteiger charge is 2.22. The summed E-state index contributed by atoms with van der Waals surface area (Å²) in [5, 5.41) is 0. The largest absolute Gasteiger partial charge is 0.339 e. The normalized spacial score (nSPS) is 24.8. The standard InChI is InChI=1S/C10H21N3O/c1-9-8-12(2)6-3-7-13(9)10(14)4-5-11/h9H,3-8,11H2,1-2H3. The molecule has 1 heterocycles. The van der Waals surface area contributed by atoms with Gasteiger partial charge in [-0.15, -0.1) is 0 Å². The van der Waals surface area contributed by atoms with Crippen molar-refractivity contribution in [3.63, 3.8) is 0 Å².